The highest BCUT2D eigenvalue weighted by molar-refractivity contribution is 6.63. The van der Waals surface area contributed by atoms with Crippen LogP contribution >= 0.6 is 11.6 Å². The molecule has 0 aliphatic carbocycles. The molecule has 0 aromatic heterocycles. The van der Waals surface area contributed by atoms with E-state index in [-0.39, 0.29) is 5.24 Å². The molecule has 0 heterocycles. The molecule has 0 saturated heterocycles. The molecule has 0 N–H and O–H groups in total. The minimum Gasteiger partial charge on any atom is -0.304 e. The molecule has 0 bridgehead atoms. The van der Waals surface area contributed by atoms with Crippen LogP contribution in [0.4, 0.5) is 0 Å². The Labute approximate surface area is 80.9 Å². The highest BCUT2D eigenvalue weighted by Gasteiger charge is 1.89. The summed E-state index contributed by atoms with van der Waals surface area (Å²) >= 11 is 4.82. The standard InChI is InChI=1S/C6H15N.C3H5ClO/c1-4-7(5-2)6-3;1-2-3(4)5/h4-6H2,1-3H3;2H2,1H3. The second kappa shape index (κ2) is 10.9. The first-order valence-corrected chi connectivity index (χ1v) is 4.90. The number of hydrogen-bond donors (Lipinski definition) is 0. The molecule has 0 aliphatic heterocycles. The Morgan fingerprint density at radius 1 is 1.08 bits per heavy atom. The van der Waals surface area contributed by atoms with Crippen LogP contribution in [0.2, 0.25) is 0 Å². The molecular formula is C9H20ClNO. The first kappa shape index (κ1) is 14.4. The third-order valence-corrected chi connectivity index (χ3v) is 1.89. The van der Waals surface area contributed by atoms with Crippen molar-refractivity contribution in [3.8, 4) is 0 Å². The molecule has 0 aliphatic rings. The average Bonchev–Trinajstić information content (AvgIpc) is 2.09. The van der Waals surface area contributed by atoms with Gasteiger partial charge in [-0.2, -0.15) is 0 Å². The monoisotopic (exact) mass is 193 g/mol. The molecule has 0 unspecified atom stereocenters. The minimum absolute atomic E-state index is 0.273. The van der Waals surface area contributed by atoms with Crippen LogP contribution in [0.15, 0.2) is 0 Å². The largest absolute Gasteiger partial charge is 0.304 e. The van der Waals surface area contributed by atoms with E-state index in [1.54, 1.807) is 6.92 Å². The lowest BCUT2D eigenvalue weighted by Gasteiger charge is -2.13. The smallest absolute Gasteiger partial charge is 0.221 e. The minimum atomic E-state index is -0.273. The SMILES string of the molecule is CCC(=O)Cl.CCN(CC)CC. The zero-order chi connectivity index (χ0) is 9.98. The first-order valence-electron chi connectivity index (χ1n) is 4.52. The third-order valence-electron chi connectivity index (χ3n) is 1.62. The summed E-state index contributed by atoms with van der Waals surface area (Å²) in [6.07, 6.45) is 0.432. The molecule has 0 radical (unpaired) electrons. The predicted molar refractivity (Wildman–Crippen MR) is 54.6 cm³/mol. The fourth-order valence-corrected chi connectivity index (χ4v) is 0.671. The van der Waals surface area contributed by atoms with Crippen molar-refractivity contribution >= 4 is 16.8 Å². The Kier molecular flexibility index (Phi) is 13.1. The van der Waals surface area contributed by atoms with Crippen LogP contribution < -0.4 is 0 Å². The molecule has 0 amide bonds. The number of rotatable bonds is 4. The summed E-state index contributed by atoms with van der Waals surface area (Å²) in [6.45, 7) is 11.8. The van der Waals surface area contributed by atoms with Crippen molar-refractivity contribution in [3.63, 3.8) is 0 Å². The van der Waals surface area contributed by atoms with Gasteiger partial charge in [0, 0.05) is 6.42 Å². The van der Waals surface area contributed by atoms with Crippen LogP contribution in [-0.4, -0.2) is 29.8 Å². The Morgan fingerprint density at radius 3 is 1.33 bits per heavy atom. The molecule has 0 rings (SSSR count). The van der Waals surface area contributed by atoms with Gasteiger partial charge in [0.05, 0.1) is 0 Å². The van der Waals surface area contributed by atoms with E-state index >= 15 is 0 Å². The number of nitrogens with zero attached hydrogens (tertiary/aromatic N) is 1. The van der Waals surface area contributed by atoms with Gasteiger partial charge in [-0.15, -0.1) is 0 Å². The molecule has 2 nitrogen and oxygen atoms in total. The summed E-state index contributed by atoms with van der Waals surface area (Å²) in [7, 11) is 0. The molecule has 0 saturated carbocycles. The molecular weight excluding hydrogens is 174 g/mol. The number of carbonyl (C=O) groups is 1. The summed E-state index contributed by atoms with van der Waals surface area (Å²) in [5, 5.41) is -0.273. The zero-order valence-electron chi connectivity index (χ0n) is 8.56. The summed E-state index contributed by atoms with van der Waals surface area (Å²) in [5.41, 5.74) is 0. The lowest BCUT2D eigenvalue weighted by Crippen LogP contribution is -2.21. The number of halogens is 1. The highest BCUT2D eigenvalue weighted by atomic mass is 35.5. The number of hydrogen-bond acceptors (Lipinski definition) is 2. The van der Waals surface area contributed by atoms with E-state index in [0.717, 1.165) is 0 Å². The maximum absolute atomic E-state index is 9.58. The zero-order valence-corrected chi connectivity index (χ0v) is 9.32. The van der Waals surface area contributed by atoms with Gasteiger partial charge < -0.3 is 4.90 Å². The van der Waals surface area contributed by atoms with Crippen molar-refractivity contribution in [2.45, 2.75) is 34.1 Å². The molecule has 0 atom stereocenters. The van der Waals surface area contributed by atoms with Crippen LogP contribution in [0.25, 0.3) is 0 Å². The van der Waals surface area contributed by atoms with Crippen molar-refractivity contribution in [3.05, 3.63) is 0 Å². The van der Waals surface area contributed by atoms with E-state index in [4.69, 9.17) is 11.6 Å². The van der Waals surface area contributed by atoms with Crippen molar-refractivity contribution in [1.29, 1.82) is 0 Å². The quantitative estimate of drug-likeness (QED) is 0.640. The van der Waals surface area contributed by atoms with Gasteiger partial charge >= 0.3 is 0 Å². The second-order valence-electron chi connectivity index (χ2n) is 2.33. The van der Waals surface area contributed by atoms with E-state index in [2.05, 4.69) is 25.7 Å². The van der Waals surface area contributed by atoms with Gasteiger partial charge in [-0.1, -0.05) is 27.7 Å². The van der Waals surface area contributed by atoms with Gasteiger partial charge in [-0.05, 0) is 31.2 Å². The lowest BCUT2D eigenvalue weighted by molar-refractivity contribution is -0.111. The van der Waals surface area contributed by atoms with E-state index in [0.29, 0.717) is 6.42 Å². The van der Waals surface area contributed by atoms with E-state index in [1.165, 1.54) is 19.6 Å². The van der Waals surface area contributed by atoms with E-state index in [9.17, 15) is 4.79 Å². The Hall–Kier alpha value is -0.0800. The molecule has 3 heteroatoms. The summed E-state index contributed by atoms with van der Waals surface area (Å²) in [4.78, 5) is 12.0. The molecule has 0 aromatic carbocycles. The Morgan fingerprint density at radius 2 is 1.33 bits per heavy atom. The topological polar surface area (TPSA) is 20.3 Å². The molecule has 74 valence electrons. The van der Waals surface area contributed by atoms with Crippen LogP contribution in [0.3, 0.4) is 0 Å². The van der Waals surface area contributed by atoms with Gasteiger partial charge in [-0.25, -0.2) is 0 Å². The van der Waals surface area contributed by atoms with E-state index in [1.807, 2.05) is 0 Å². The lowest BCUT2D eigenvalue weighted by atomic mass is 10.5. The van der Waals surface area contributed by atoms with Crippen LogP contribution in [-0.2, 0) is 4.79 Å². The summed E-state index contributed by atoms with van der Waals surface area (Å²) in [5.74, 6) is 0. The van der Waals surface area contributed by atoms with Crippen molar-refractivity contribution in [2.24, 2.45) is 0 Å². The van der Waals surface area contributed by atoms with Crippen LogP contribution in [0, 0.1) is 0 Å². The molecule has 0 spiro atoms. The van der Waals surface area contributed by atoms with Gasteiger partial charge in [-0.3, -0.25) is 4.79 Å². The fourth-order valence-electron chi connectivity index (χ4n) is 0.671. The van der Waals surface area contributed by atoms with Crippen molar-refractivity contribution in [2.75, 3.05) is 19.6 Å². The summed E-state index contributed by atoms with van der Waals surface area (Å²) < 4.78 is 0. The Bertz CT molecular complexity index is 97.2. The van der Waals surface area contributed by atoms with Gasteiger partial charge in [0.25, 0.3) is 0 Å². The second-order valence-corrected chi connectivity index (χ2v) is 2.75. The number of carbonyl (C=O) groups excluding carboxylic acids is 1. The third kappa shape index (κ3) is 12.6. The maximum atomic E-state index is 9.58. The molecule has 0 aromatic rings. The molecule has 0 fully saturated rings. The van der Waals surface area contributed by atoms with Crippen molar-refractivity contribution in [1.82, 2.24) is 4.90 Å². The van der Waals surface area contributed by atoms with Crippen molar-refractivity contribution < 1.29 is 4.79 Å². The van der Waals surface area contributed by atoms with Crippen LogP contribution in [0.5, 0.6) is 0 Å². The fraction of sp³-hybridized carbons (Fsp3) is 0.889. The van der Waals surface area contributed by atoms with Gasteiger partial charge in [0.2, 0.25) is 5.24 Å². The normalized spacial score (nSPS) is 9.17. The van der Waals surface area contributed by atoms with Crippen LogP contribution in [0.1, 0.15) is 34.1 Å². The van der Waals surface area contributed by atoms with Gasteiger partial charge in [0.1, 0.15) is 0 Å². The summed E-state index contributed by atoms with van der Waals surface area (Å²) in [6, 6.07) is 0. The van der Waals surface area contributed by atoms with E-state index < -0.39 is 0 Å². The predicted octanol–water partition coefficient (Wildman–Crippen LogP) is 2.51. The highest BCUT2D eigenvalue weighted by Crippen LogP contribution is 1.82. The Balaban J connectivity index is 0. The van der Waals surface area contributed by atoms with Gasteiger partial charge in [0.15, 0.2) is 0 Å². The maximum Gasteiger partial charge on any atom is 0.221 e. The first-order chi connectivity index (χ1) is 5.62. The molecule has 12 heavy (non-hydrogen) atoms. The average molecular weight is 194 g/mol.